The number of carbonyl (C=O) groups excluding carboxylic acids is 3. The van der Waals surface area contributed by atoms with Crippen LogP contribution in [-0.2, 0) is 4.79 Å². The molecule has 2 aliphatic rings. The lowest BCUT2D eigenvalue weighted by Crippen LogP contribution is -2.48. The maximum Gasteiger partial charge on any atom is 0.406 e. The zero-order valence-electron chi connectivity index (χ0n) is 14.2. The van der Waals surface area contributed by atoms with E-state index >= 15 is 0 Å². The van der Waals surface area contributed by atoms with Crippen LogP contribution >= 0.6 is 15.9 Å². The third-order valence-electron chi connectivity index (χ3n) is 4.72. The van der Waals surface area contributed by atoms with Crippen LogP contribution in [0.25, 0.3) is 0 Å². The van der Waals surface area contributed by atoms with E-state index in [1.807, 2.05) is 0 Å². The lowest BCUT2D eigenvalue weighted by molar-refractivity contribution is -0.151. The van der Waals surface area contributed by atoms with Gasteiger partial charge in [-0.15, -0.1) is 0 Å². The molecule has 0 aliphatic carbocycles. The summed E-state index contributed by atoms with van der Waals surface area (Å²) in [5, 5.41) is 0. The highest BCUT2D eigenvalue weighted by molar-refractivity contribution is 9.10. The Morgan fingerprint density at radius 1 is 1.15 bits per heavy atom. The van der Waals surface area contributed by atoms with Crippen molar-refractivity contribution in [1.82, 2.24) is 14.7 Å². The molecule has 1 aromatic carbocycles. The standard InChI is InChI=1S/C17H17BrF3N3O3/c18-13-4-2-1-3-12(13)15(26)22-7-5-11(6-8-22)23-9-14(25)24(16(23)27)10-17(19,20)21/h1-4,11H,5-10H2. The molecule has 3 rings (SSSR count). The highest BCUT2D eigenvalue weighted by Gasteiger charge is 2.45. The Hall–Kier alpha value is -2.10. The zero-order valence-corrected chi connectivity index (χ0v) is 15.8. The molecule has 2 fully saturated rings. The number of rotatable bonds is 3. The van der Waals surface area contributed by atoms with Gasteiger partial charge in [-0.05, 0) is 40.9 Å². The van der Waals surface area contributed by atoms with E-state index in [2.05, 4.69) is 15.9 Å². The fourth-order valence-electron chi connectivity index (χ4n) is 3.37. The van der Waals surface area contributed by atoms with Gasteiger partial charge in [0, 0.05) is 23.6 Å². The third kappa shape index (κ3) is 4.26. The Bertz CT molecular complexity index is 763. The topological polar surface area (TPSA) is 60.9 Å². The van der Waals surface area contributed by atoms with Gasteiger partial charge >= 0.3 is 12.2 Å². The second kappa shape index (κ2) is 7.49. The highest BCUT2D eigenvalue weighted by Crippen LogP contribution is 2.26. The van der Waals surface area contributed by atoms with E-state index in [4.69, 9.17) is 0 Å². The summed E-state index contributed by atoms with van der Waals surface area (Å²) in [6.07, 6.45) is -3.80. The summed E-state index contributed by atoms with van der Waals surface area (Å²) in [6, 6.07) is 5.76. The van der Waals surface area contributed by atoms with Crippen molar-refractivity contribution in [2.75, 3.05) is 26.2 Å². The van der Waals surface area contributed by atoms with Gasteiger partial charge in [-0.3, -0.25) is 14.5 Å². The number of amides is 4. The number of urea groups is 1. The number of benzene rings is 1. The van der Waals surface area contributed by atoms with Crippen LogP contribution in [0.4, 0.5) is 18.0 Å². The predicted molar refractivity (Wildman–Crippen MR) is 92.9 cm³/mol. The molecule has 27 heavy (non-hydrogen) atoms. The normalized spacial score (nSPS) is 19.2. The molecule has 0 aromatic heterocycles. The van der Waals surface area contributed by atoms with E-state index in [9.17, 15) is 27.6 Å². The number of piperidine rings is 1. The Balaban J connectivity index is 1.61. The van der Waals surface area contributed by atoms with Crippen molar-refractivity contribution in [3.63, 3.8) is 0 Å². The van der Waals surface area contributed by atoms with Crippen molar-refractivity contribution in [3.8, 4) is 0 Å². The number of likely N-dealkylation sites (tertiary alicyclic amines) is 1. The molecule has 0 radical (unpaired) electrons. The van der Waals surface area contributed by atoms with Crippen LogP contribution in [0.3, 0.4) is 0 Å². The Kier molecular flexibility index (Phi) is 5.45. The molecular formula is C17H17BrF3N3O3. The van der Waals surface area contributed by atoms with Crippen LogP contribution in [0.2, 0.25) is 0 Å². The van der Waals surface area contributed by atoms with Gasteiger partial charge in [0.25, 0.3) is 11.8 Å². The van der Waals surface area contributed by atoms with Gasteiger partial charge in [-0.1, -0.05) is 12.1 Å². The van der Waals surface area contributed by atoms with Crippen LogP contribution in [0, 0.1) is 0 Å². The first-order valence-corrected chi connectivity index (χ1v) is 9.18. The van der Waals surface area contributed by atoms with E-state index < -0.39 is 24.7 Å². The van der Waals surface area contributed by atoms with Crippen LogP contribution in [0.5, 0.6) is 0 Å². The van der Waals surface area contributed by atoms with Crippen molar-refractivity contribution in [2.24, 2.45) is 0 Å². The number of carbonyl (C=O) groups is 3. The van der Waals surface area contributed by atoms with Crippen molar-refractivity contribution in [3.05, 3.63) is 34.3 Å². The van der Waals surface area contributed by atoms with Crippen LogP contribution in [0.1, 0.15) is 23.2 Å². The second-order valence-electron chi connectivity index (χ2n) is 6.51. The van der Waals surface area contributed by atoms with E-state index in [-0.39, 0.29) is 23.4 Å². The molecule has 0 bridgehead atoms. The molecule has 2 saturated heterocycles. The fraction of sp³-hybridized carbons (Fsp3) is 0.471. The van der Waals surface area contributed by atoms with Gasteiger partial charge in [0.05, 0.1) is 5.56 Å². The maximum absolute atomic E-state index is 12.6. The monoisotopic (exact) mass is 447 g/mol. The molecule has 10 heteroatoms. The lowest BCUT2D eigenvalue weighted by Gasteiger charge is -2.36. The largest absolute Gasteiger partial charge is 0.406 e. The molecule has 0 spiro atoms. The Labute approximate surface area is 162 Å². The summed E-state index contributed by atoms with van der Waals surface area (Å²) in [5.41, 5.74) is 0.528. The van der Waals surface area contributed by atoms with Crippen molar-refractivity contribution >= 4 is 33.8 Å². The minimum absolute atomic E-state index is 0.150. The minimum atomic E-state index is -4.62. The summed E-state index contributed by atoms with van der Waals surface area (Å²) in [5.74, 6) is -0.993. The predicted octanol–water partition coefficient (Wildman–Crippen LogP) is 2.88. The summed E-state index contributed by atoms with van der Waals surface area (Å²) in [4.78, 5) is 39.7. The minimum Gasteiger partial charge on any atom is -0.338 e. The molecule has 2 heterocycles. The number of alkyl halides is 3. The van der Waals surface area contributed by atoms with Gasteiger partial charge in [0.1, 0.15) is 13.1 Å². The first-order chi connectivity index (χ1) is 12.7. The highest BCUT2D eigenvalue weighted by atomic mass is 79.9. The molecule has 0 atom stereocenters. The summed E-state index contributed by atoms with van der Waals surface area (Å²) >= 11 is 3.34. The van der Waals surface area contributed by atoms with Crippen molar-refractivity contribution < 1.29 is 27.6 Å². The summed E-state index contributed by atoms with van der Waals surface area (Å²) < 4.78 is 38.3. The van der Waals surface area contributed by atoms with E-state index in [1.54, 1.807) is 29.2 Å². The lowest BCUT2D eigenvalue weighted by atomic mass is 10.0. The van der Waals surface area contributed by atoms with Gasteiger partial charge in [-0.25, -0.2) is 4.79 Å². The van der Waals surface area contributed by atoms with Crippen LogP contribution in [0.15, 0.2) is 28.7 Å². The molecule has 1 aromatic rings. The van der Waals surface area contributed by atoms with Gasteiger partial charge in [0.15, 0.2) is 0 Å². The molecular weight excluding hydrogens is 431 g/mol. The Morgan fingerprint density at radius 2 is 1.78 bits per heavy atom. The Morgan fingerprint density at radius 3 is 2.37 bits per heavy atom. The molecule has 0 N–H and O–H groups in total. The molecule has 4 amide bonds. The number of nitrogens with zero attached hydrogens (tertiary/aromatic N) is 3. The van der Waals surface area contributed by atoms with E-state index in [0.717, 1.165) is 0 Å². The van der Waals surface area contributed by atoms with Crippen molar-refractivity contribution in [1.29, 1.82) is 0 Å². The third-order valence-corrected chi connectivity index (χ3v) is 5.41. The molecule has 0 unspecified atom stereocenters. The molecule has 6 nitrogen and oxygen atoms in total. The number of imide groups is 1. The van der Waals surface area contributed by atoms with Gasteiger partial charge in [-0.2, -0.15) is 13.2 Å². The van der Waals surface area contributed by atoms with Crippen LogP contribution < -0.4 is 0 Å². The fourth-order valence-corrected chi connectivity index (χ4v) is 3.82. The summed E-state index contributed by atoms with van der Waals surface area (Å²) in [6.45, 7) is -1.19. The first kappa shape index (κ1) is 19.7. The quantitative estimate of drug-likeness (QED) is 0.669. The smallest absolute Gasteiger partial charge is 0.338 e. The van der Waals surface area contributed by atoms with E-state index in [1.165, 1.54) is 4.90 Å². The van der Waals surface area contributed by atoms with Crippen molar-refractivity contribution in [2.45, 2.75) is 25.1 Å². The molecule has 2 aliphatic heterocycles. The number of hydrogen-bond donors (Lipinski definition) is 0. The van der Waals surface area contributed by atoms with E-state index in [0.29, 0.717) is 36.0 Å². The van der Waals surface area contributed by atoms with Gasteiger partial charge < -0.3 is 9.80 Å². The zero-order chi connectivity index (χ0) is 19.8. The SMILES string of the molecule is O=C(c1ccccc1Br)N1CCC(N2CC(=O)N(CC(F)(F)F)C2=O)CC1. The van der Waals surface area contributed by atoms with Gasteiger partial charge in [0.2, 0.25) is 0 Å². The average molecular weight is 448 g/mol. The van der Waals surface area contributed by atoms with Crippen LogP contribution in [-0.4, -0.2) is 70.9 Å². The average Bonchev–Trinajstić information content (AvgIpc) is 2.88. The number of halogens is 4. The maximum atomic E-state index is 12.6. The summed E-state index contributed by atoms with van der Waals surface area (Å²) in [7, 11) is 0. The number of hydrogen-bond acceptors (Lipinski definition) is 3. The molecule has 146 valence electrons. The molecule has 0 saturated carbocycles. The second-order valence-corrected chi connectivity index (χ2v) is 7.36. The first-order valence-electron chi connectivity index (χ1n) is 8.39.